The number of hydrogen-bond acceptors (Lipinski definition) is 2. The van der Waals surface area contributed by atoms with Crippen LogP contribution in [0.15, 0.2) is 66.8 Å². The Hall–Kier alpha value is -2.35. The molecule has 0 aliphatic carbocycles. The lowest BCUT2D eigenvalue weighted by Gasteiger charge is -2.05. The van der Waals surface area contributed by atoms with E-state index in [0.29, 0.717) is 0 Å². The van der Waals surface area contributed by atoms with Crippen LogP contribution in [0.4, 0.5) is 0 Å². The van der Waals surface area contributed by atoms with Crippen molar-refractivity contribution >= 4 is 12.4 Å². The summed E-state index contributed by atoms with van der Waals surface area (Å²) in [5.41, 5.74) is 1.14. The van der Waals surface area contributed by atoms with Crippen LogP contribution in [0.1, 0.15) is 38.2 Å². The summed E-state index contributed by atoms with van der Waals surface area (Å²) in [6.45, 7) is 3.01. The van der Waals surface area contributed by atoms with Gasteiger partial charge in [-0.05, 0) is 30.2 Å². The third-order valence-corrected chi connectivity index (χ3v) is 3.18. The van der Waals surface area contributed by atoms with E-state index in [9.17, 15) is 4.79 Å². The van der Waals surface area contributed by atoms with E-state index in [1.807, 2.05) is 60.7 Å². The number of allylic oxidation sites excluding steroid dienone is 7. The molecule has 0 saturated carbocycles. The minimum Gasteiger partial charge on any atom is -0.494 e. The summed E-state index contributed by atoms with van der Waals surface area (Å²) in [6, 6.07) is 8.11. The van der Waals surface area contributed by atoms with Crippen LogP contribution < -0.4 is 4.74 Å². The Morgan fingerprint density at radius 3 is 2.13 bits per heavy atom. The minimum absolute atomic E-state index is 0.756. The molecule has 1 aromatic rings. The van der Waals surface area contributed by atoms with E-state index in [1.165, 1.54) is 25.3 Å². The number of rotatable bonds is 11. The molecule has 2 nitrogen and oxygen atoms in total. The fraction of sp³-hybridized carbons (Fsp3) is 0.286. The predicted octanol–water partition coefficient (Wildman–Crippen LogP) is 5.53. The third-order valence-electron chi connectivity index (χ3n) is 3.18. The third kappa shape index (κ3) is 10.1. The second kappa shape index (κ2) is 13.3. The molecule has 0 bridgehead atoms. The molecule has 0 fully saturated rings. The number of carbonyl (C=O) groups excluding carboxylic acids is 1. The largest absolute Gasteiger partial charge is 0.494 e. The molecule has 0 aromatic heterocycles. The van der Waals surface area contributed by atoms with E-state index < -0.39 is 0 Å². The van der Waals surface area contributed by atoms with Gasteiger partial charge in [0.2, 0.25) is 0 Å². The van der Waals surface area contributed by atoms with Gasteiger partial charge in [0.25, 0.3) is 0 Å². The number of unbranched alkanes of at least 4 members (excludes halogenated alkanes) is 3. The smallest absolute Gasteiger partial charge is 0.142 e. The van der Waals surface area contributed by atoms with Crippen LogP contribution in [-0.2, 0) is 4.79 Å². The van der Waals surface area contributed by atoms with Crippen LogP contribution in [-0.4, -0.2) is 12.9 Å². The molecule has 0 unspecified atom stereocenters. The van der Waals surface area contributed by atoms with Crippen molar-refractivity contribution in [2.45, 2.75) is 32.6 Å². The maximum atomic E-state index is 10.1. The number of aldehydes is 1. The van der Waals surface area contributed by atoms with Crippen molar-refractivity contribution in [1.29, 1.82) is 0 Å². The van der Waals surface area contributed by atoms with Crippen molar-refractivity contribution in [2.24, 2.45) is 0 Å². The Balaban J connectivity index is 2.31. The van der Waals surface area contributed by atoms with Gasteiger partial charge in [-0.3, -0.25) is 4.79 Å². The van der Waals surface area contributed by atoms with Crippen molar-refractivity contribution in [2.75, 3.05) is 6.61 Å². The molecule has 122 valence electrons. The van der Waals surface area contributed by atoms with E-state index in [2.05, 4.69) is 6.92 Å². The molecule has 0 atom stereocenters. The molecule has 0 amide bonds. The van der Waals surface area contributed by atoms with Crippen LogP contribution in [0.3, 0.4) is 0 Å². The van der Waals surface area contributed by atoms with Crippen LogP contribution in [0, 0.1) is 0 Å². The van der Waals surface area contributed by atoms with E-state index >= 15 is 0 Å². The summed E-state index contributed by atoms with van der Waals surface area (Å²) in [7, 11) is 0. The topological polar surface area (TPSA) is 26.3 Å². The van der Waals surface area contributed by atoms with Crippen LogP contribution >= 0.6 is 0 Å². The maximum absolute atomic E-state index is 10.1. The van der Waals surface area contributed by atoms with E-state index in [0.717, 1.165) is 30.6 Å². The van der Waals surface area contributed by atoms with Gasteiger partial charge in [-0.15, -0.1) is 0 Å². The van der Waals surface area contributed by atoms with Gasteiger partial charge >= 0.3 is 0 Å². The summed E-state index contributed by atoms with van der Waals surface area (Å²) in [4.78, 5) is 10.1. The van der Waals surface area contributed by atoms with Crippen LogP contribution in [0.25, 0.3) is 6.08 Å². The molecule has 1 aromatic carbocycles. The molecular weight excluding hydrogens is 284 g/mol. The Bertz CT molecular complexity index is 533. The lowest BCUT2D eigenvalue weighted by atomic mass is 10.2. The average Bonchev–Trinajstić information content (AvgIpc) is 2.58. The minimum atomic E-state index is 0.756. The second-order valence-electron chi connectivity index (χ2n) is 5.13. The zero-order chi connectivity index (χ0) is 16.6. The van der Waals surface area contributed by atoms with Crippen molar-refractivity contribution in [3.8, 4) is 5.75 Å². The van der Waals surface area contributed by atoms with Gasteiger partial charge in [0, 0.05) is 0 Å². The molecule has 0 N–H and O–H groups in total. The Morgan fingerprint density at radius 1 is 0.826 bits per heavy atom. The van der Waals surface area contributed by atoms with Crippen LogP contribution in [0.2, 0.25) is 0 Å². The normalized spacial score (nSPS) is 12.0. The fourth-order valence-electron chi connectivity index (χ4n) is 1.93. The average molecular weight is 310 g/mol. The quantitative estimate of drug-likeness (QED) is 0.232. The predicted molar refractivity (Wildman–Crippen MR) is 98.6 cm³/mol. The summed E-state index contributed by atoms with van der Waals surface area (Å²) in [6.07, 6.45) is 20.4. The highest BCUT2D eigenvalue weighted by molar-refractivity contribution is 5.65. The summed E-state index contributed by atoms with van der Waals surface area (Å²) in [5.74, 6) is 0.930. The summed E-state index contributed by atoms with van der Waals surface area (Å²) >= 11 is 0. The lowest BCUT2D eigenvalue weighted by molar-refractivity contribution is -0.104. The molecule has 2 heteroatoms. The molecule has 0 aliphatic rings. The van der Waals surface area contributed by atoms with E-state index in [4.69, 9.17) is 4.74 Å². The van der Waals surface area contributed by atoms with Crippen molar-refractivity contribution in [3.63, 3.8) is 0 Å². The zero-order valence-corrected chi connectivity index (χ0v) is 13.9. The SMILES string of the molecule is CCCCCCOc1ccc(/C=C/C=C/C=C/C=C/C=O)cc1. The zero-order valence-electron chi connectivity index (χ0n) is 13.9. The van der Waals surface area contributed by atoms with E-state index in [-0.39, 0.29) is 0 Å². The van der Waals surface area contributed by atoms with E-state index in [1.54, 1.807) is 6.08 Å². The Kier molecular flexibility index (Phi) is 10.8. The number of benzene rings is 1. The van der Waals surface area contributed by atoms with Gasteiger partial charge in [0.05, 0.1) is 6.61 Å². The molecule has 0 heterocycles. The highest BCUT2D eigenvalue weighted by Crippen LogP contribution is 2.14. The van der Waals surface area contributed by atoms with Crippen molar-refractivity contribution in [3.05, 3.63) is 72.4 Å². The molecule has 1 rings (SSSR count). The Labute approximate surface area is 139 Å². The first kappa shape index (κ1) is 18.7. The molecular formula is C21H26O2. The molecule has 0 saturated heterocycles. The van der Waals surface area contributed by atoms with Gasteiger partial charge in [0.15, 0.2) is 0 Å². The standard InChI is InChI=1S/C21H26O2/c1-2-3-4-12-19-23-21-16-14-20(15-17-21)13-10-8-6-5-7-9-11-18-22/h5-11,13-18H,2-4,12,19H2,1H3/b7-5+,8-6+,11-9+,13-10+. The van der Waals surface area contributed by atoms with Gasteiger partial charge in [0.1, 0.15) is 12.0 Å². The van der Waals surface area contributed by atoms with Crippen molar-refractivity contribution in [1.82, 2.24) is 0 Å². The van der Waals surface area contributed by atoms with Gasteiger partial charge in [-0.1, -0.05) is 80.9 Å². The summed E-state index contributed by atoms with van der Waals surface area (Å²) < 4.78 is 5.72. The monoisotopic (exact) mass is 310 g/mol. The first-order chi connectivity index (χ1) is 11.4. The molecule has 0 spiro atoms. The van der Waals surface area contributed by atoms with Gasteiger partial charge in [-0.25, -0.2) is 0 Å². The van der Waals surface area contributed by atoms with Gasteiger partial charge < -0.3 is 4.74 Å². The first-order valence-electron chi connectivity index (χ1n) is 8.21. The lowest BCUT2D eigenvalue weighted by Crippen LogP contribution is -1.96. The van der Waals surface area contributed by atoms with Gasteiger partial charge in [-0.2, -0.15) is 0 Å². The number of ether oxygens (including phenoxy) is 1. The molecule has 0 aliphatic heterocycles. The fourth-order valence-corrected chi connectivity index (χ4v) is 1.93. The Morgan fingerprint density at radius 2 is 1.48 bits per heavy atom. The number of hydrogen-bond donors (Lipinski definition) is 0. The second-order valence-corrected chi connectivity index (χ2v) is 5.13. The van der Waals surface area contributed by atoms with Crippen molar-refractivity contribution < 1.29 is 9.53 Å². The first-order valence-corrected chi connectivity index (χ1v) is 8.21. The van der Waals surface area contributed by atoms with Crippen LogP contribution in [0.5, 0.6) is 5.75 Å². The molecule has 0 radical (unpaired) electrons. The molecule has 23 heavy (non-hydrogen) atoms. The maximum Gasteiger partial charge on any atom is 0.142 e. The summed E-state index contributed by atoms with van der Waals surface area (Å²) in [5, 5.41) is 0. The highest BCUT2D eigenvalue weighted by atomic mass is 16.5. The number of carbonyl (C=O) groups is 1. The highest BCUT2D eigenvalue weighted by Gasteiger charge is 1.93.